The fourth-order valence-electron chi connectivity index (χ4n) is 2.14. The van der Waals surface area contributed by atoms with Gasteiger partial charge in [-0.05, 0) is 54.2 Å². The van der Waals surface area contributed by atoms with Crippen molar-refractivity contribution in [3.05, 3.63) is 64.1 Å². The van der Waals surface area contributed by atoms with Crippen molar-refractivity contribution < 1.29 is 5.11 Å². The van der Waals surface area contributed by atoms with Crippen LogP contribution in [0.25, 0.3) is 0 Å². The summed E-state index contributed by atoms with van der Waals surface area (Å²) >= 11 is 7.11. The van der Waals surface area contributed by atoms with Crippen molar-refractivity contribution in [1.82, 2.24) is 0 Å². The number of halogens is 2. The molecule has 0 saturated carbocycles. The monoisotopic (exact) mass is 382 g/mol. The largest absolute Gasteiger partial charge is 0.508 e. The maximum absolute atomic E-state index is 9.30. The molecule has 0 amide bonds. The Bertz CT molecular complexity index is 523. The van der Waals surface area contributed by atoms with E-state index in [1.54, 1.807) is 12.1 Å². The average Bonchev–Trinajstić information content (AvgIpc) is 2.40. The maximum atomic E-state index is 9.30. The number of hydrogen-bond acceptors (Lipinski definition) is 1. The molecule has 1 nitrogen and oxygen atoms in total. The van der Waals surface area contributed by atoms with E-state index in [1.807, 2.05) is 18.2 Å². The molecule has 1 N–H and O–H groups in total. The second-order valence-electron chi connectivity index (χ2n) is 4.72. The topological polar surface area (TPSA) is 20.2 Å². The SMILES string of the molecule is Oc1ccc(CC(CBr)Cc2cccc(Br)c2)cc1. The standard InChI is InChI=1S/C16H16Br2O/c17-11-14(8-12-4-6-16(19)7-5-12)9-13-2-1-3-15(18)10-13/h1-7,10,14,19H,8-9,11H2. The first-order valence-corrected chi connectivity index (χ1v) is 8.17. The normalized spacial score (nSPS) is 12.3. The Morgan fingerprint density at radius 1 is 0.947 bits per heavy atom. The molecule has 1 atom stereocenters. The highest BCUT2D eigenvalue weighted by Gasteiger charge is 2.10. The third-order valence-corrected chi connectivity index (χ3v) is 4.50. The lowest BCUT2D eigenvalue weighted by atomic mass is 9.94. The van der Waals surface area contributed by atoms with Gasteiger partial charge in [0.15, 0.2) is 0 Å². The molecule has 0 saturated heterocycles. The number of phenolic OH excluding ortho intramolecular Hbond substituents is 1. The molecule has 0 aliphatic rings. The van der Waals surface area contributed by atoms with E-state index in [0.29, 0.717) is 11.7 Å². The van der Waals surface area contributed by atoms with E-state index in [0.717, 1.165) is 22.6 Å². The van der Waals surface area contributed by atoms with Gasteiger partial charge in [0.25, 0.3) is 0 Å². The van der Waals surface area contributed by atoms with Crippen molar-refractivity contribution in [1.29, 1.82) is 0 Å². The smallest absolute Gasteiger partial charge is 0.115 e. The number of phenols is 1. The van der Waals surface area contributed by atoms with Gasteiger partial charge >= 0.3 is 0 Å². The molecule has 2 aromatic carbocycles. The summed E-state index contributed by atoms with van der Waals surface area (Å²) in [4.78, 5) is 0. The summed E-state index contributed by atoms with van der Waals surface area (Å²) in [7, 11) is 0. The van der Waals surface area contributed by atoms with Crippen LogP contribution in [0.1, 0.15) is 11.1 Å². The van der Waals surface area contributed by atoms with Gasteiger partial charge in [-0.1, -0.05) is 56.1 Å². The Labute approximate surface area is 130 Å². The van der Waals surface area contributed by atoms with Gasteiger partial charge in [-0.15, -0.1) is 0 Å². The predicted molar refractivity (Wildman–Crippen MR) is 86.9 cm³/mol. The third kappa shape index (κ3) is 4.66. The predicted octanol–water partition coefficient (Wildman–Crippen LogP) is 4.95. The van der Waals surface area contributed by atoms with E-state index in [4.69, 9.17) is 0 Å². The summed E-state index contributed by atoms with van der Waals surface area (Å²) in [6, 6.07) is 15.9. The van der Waals surface area contributed by atoms with Gasteiger partial charge < -0.3 is 5.11 Å². The van der Waals surface area contributed by atoms with E-state index >= 15 is 0 Å². The van der Waals surface area contributed by atoms with Crippen LogP contribution in [0.2, 0.25) is 0 Å². The molecule has 100 valence electrons. The first-order chi connectivity index (χ1) is 9.17. The first kappa shape index (κ1) is 14.6. The van der Waals surface area contributed by atoms with Gasteiger partial charge in [0, 0.05) is 9.80 Å². The molecule has 0 fully saturated rings. The summed E-state index contributed by atoms with van der Waals surface area (Å²) in [5, 5.41) is 10.3. The van der Waals surface area contributed by atoms with Crippen LogP contribution in [0.15, 0.2) is 53.0 Å². The maximum Gasteiger partial charge on any atom is 0.115 e. The molecule has 0 aromatic heterocycles. The van der Waals surface area contributed by atoms with Gasteiger partial charge in [0.1, 0.15) is 5.75 Å². The van der Waals surface area contributed by atoms with Crippen LogP contribution in [0.5, 0.6) is 5.75 Å². The molecule has 3 heteroatoms. The van der Waals surface area contributed by atoms with Crippen molar-refractivity contribution in [3.63, 3.8) is 0 Å². The summed E-state index contributed by atoms with van der Waals surface area (Å²) in [6.45, 7) is 0. The quantitative estimate of drug-likeness (QED) is 0.724. The zero-order valence-electron chi connectivity index (χ0n) is 10.5. The van der Waals surface area contributed by atoms with Gasteiger partial charge in [-0.3, -0.25) is 0 Å². The van der Waals surface area contributed by atoms with E-state index < -0.39 is 0 Å². The Morgan fingerprint density at radius 2 is 1.63 bits per heavy atom. The molecule has 2 rings (SSSR count). The lowest BCUT2D eigenvalue weighted by molar-refractivity contribution is 0.474. The van der Waals surface area contributed by atoms with Crippen LogP contribution >= 0.6 is 31.9 Å². The van der Waals surface area contributed by atoms with Crippen molar-refractivity contribution in [3.8, 4) is 5.75 Å². The number of aromatic hydroxyl groups is 1. The number of rotatable bonds is 5. The van der Waals surface area contributed by atoms with Crippen molar-refractivity contribution in [2.75, 3.05) is 5.33 Å². The van der Waals surface area contributed by atoms with E-state index in [-0.39, 0.29) is 0 Å². The fourth-order valence-corrected chi connectivity index (χ4v) is 3.05. The highest BCUT2D eigenvalue weighted by Crippen LogP contribution is 2.20. The number of benzene rings is 2. The Balaban J connectivity index is 2.02. The summed E-state index contributed by atoms with van der Waals surface area (Å²) < 4.78 is 1.13. The molecule has 2 aromatic rings. The van der Waals surface area contributed by atoms with Gasteiger partial charge in [0.05, 0.1) is 0 Å². The number of hydrogen-bond donors (Lipinski definition) is 1. The highest BCUT2D eigenvalue weighted by atomic mass is 79.9. The van der Waals surface area contributed by atoms with Gasteiger partial charge in [-0.25, -0.2) is 0 Å². The fraction of sp³-hybridized carbons (Fsp3) is 0.250. The molecule has 1 unspecified atom stereocenters. The van der Waals surface area contributed by atoms with Crippen LogP contribution in [-0.4, -0.2) is 10.4 Å². The molecule has 0 aliphatic carbocycles. The zero-order chi connectivity index (χ0) is 13.7. The number of alkyl halides is 1. The second-order valence-corrected chi connectivity index (χ2v) is 6.29. The molecule has 0 radical (unpaired) electrons. The van der Waals surface area contributed by atoms with Gasteiger partial charge in [-0.2, -0.15) is 0 Å². The average molecular weight is 384 g/mol. The molecule has 0 bridgehead atoms. The van der Waals surface area contributed by atoms with Crippen LogP contribution < -0.4 is 0 Å². The van der Waals surface area contributed by atoms with E-state index in [9.17, 15) is 5.11 Å². The zero-order valence-corrected chi connectivity index (χ0v) is 13.7. The molecule has 0 aliphatic heterocycles. The summed E-state index contributed by atoms with van der Waals surface area (Å²) in [5.74, 6) is 0.880. The minimum Gasteiger partial charge on any atom is -0.508 e. The van der Waals surface area contributed by atoms with Crippen LogP contribution in [-0.2, 0) is 12.8 Å². The van der Waals surface area contributed by atoms with Crippen molar-refractivity contribution in [2.45, 2.75) is 12.8 Å². The van der Waals surface area contributed by atoms with E-state index in [2.05, 4.69) is 50.1 Å². The molecule has 19 heavy (non-hydrogen) atoms. The van der Waals surface area contributed by atoms with Crippen molar-refractivity contribution in [2.24, 2.45) is 5.92 Å². The Kier molecular flexibility index (Phi) is 5.46. The molecular formula is C16H16Br2O. The van der Waals surface area contributed by atoms with Crippen LogP contribution in [0.3, 0.4) is 0 Å². The lowest BCUT2D eigenvalue weighted by Gasteiger charge is -2.14. The minimum atomic E-state index is 0.325. The Morgan fingerprint density at radius 3 is 2.26 bits per heavy atom. The lowest BCUT2D eigenvalue weighted by Crippen LogP contribution is -2.09. The van der Waals surface area contributed by atoms with Crippen LogP contribution in [0, 0.1) is 5.92 Å². The second kappa shape index (κ2) is 7.11. The van der Waals surface area contributed by atoms with Gasteiger partial charge in [0.2, 0.25) is 0 Å². The summed E-state index contributed by atoms with van der Waals surface area (Å²) in [5.41, 5.74) is 2.61. The van der Waals surface area contributed by atoms with Crippen molar-refractivity contribution >= 4 is 31.9 Å². The molecule has 0 spiro atoms. The molecule has 0 heterocycles. The minimum absolute atomic E-state index is 0.325. The Hall–Kier alpha value is -0.800. The van der Waals surface area contributed by atoms with Crippen LogP contribution in [0.4, 0.5) is 0 Å². The third-order valence-electron chi connectivity index (χ3n) is 3.09. The summed E-state index contributed by atoms with van der Waals surface area (Å²) in [6.07, 6.45) is 2.06. The highest BCUT2D eigenvalue weighted by molar-refractivity contribution is 9.10. The first-order valence-electron chi connectivity index (χ1n) is 6.25. The van der Waals surface area contributed by atoms with E-state index in [1.165, 1.54) is 11.1 Å². The molecular weight excluding hydrogens is 368 g/mol.